The second kappa shape index (κ2) is 4.62. The molecule has 2 rings (SSSR count). The first-order valence-electron chi connectivity index (χ1n) is 5.61. The van der Waals surface area contributed by atoms with Gasteiger partial charge in [0.05, 0.1) is 6.61 Å². The summed E-state index contributed by atoms with van der Waals surface area (Å²) in [4.78, 5) is 4.32. The van der Waals surface area contributed by atoms with E-state index in [2.05, 4.69) is 16.4 Å². The normalized spacial score (nSPS) is 15.3. The minimum atomic E-state index is 0.673. The number of aromatic nitrogens is 1. The summed E-state index contributed by atoms with van der Waals surface area (Å²) in [6.07, 6.45) is 2.64. The van der Waals surface area contributed by atoms with Gasteiger partial charge in [0.1, 0.15) is 0 Å². The van der Waals surface area contributed by atoms with Gasteiger partial charge in [-0.05, 0) is 38.3 Å². The summed E-state index contributed by atoms with van der Waals surface area (Å²) in [5, 5.41) is 3.49. The van der Waals surface area contributed by atoms with Gasteiger partial charge in [-0.1, -0.05) is 0 Å². The number of nitrogens with one attached hydrogen (secondary N) is 1. The molecule has 3 nitrogen and oxygen atoms in total. The summed E-state index contributed by atoms with van der Waals surface area (Å²) in [5.41, 5.74) is 2.28. The number of hydrogen-bond acceptors (Lipinski definition) is 3. The minimum absolute atomic E-state index is 0.673. The van der Waals surface area contributed by atoms with Gasteiger partial charge in [-0.2, -0.15) is 0 Å². The van der Waals surface area contributed by atoms with Crippen LogP contribution >= 0.6 is 0 Å². The fourth-order valence-electron chi connectivity index (χ4n) is 1.58. The molecule has 0 unspecified atom stereocenters. The van der Waals surface area contributed by atoms with Crippen LogP contribution in [0.2, 0.25) is 0 Å². The highest BCUT2D eigenvalue weighted by Gasteiger charge is 2.20. The molecule has 1 fully saturated rings. The van der Waals surface area contributed by atoms with Crippen molar-refractivity contribution in [3.8, 4) is 5.88 Å². The summed E-state index contributed by atoms with van der Waals surface area (Å²) in [7, 11) is 0. The SMILES string of the molecule is CCOc1cc(CNC2CC2)cc(C)n1. The minimum Gasteiger partial charge on any atom is -0.478 e. The lowest BCUT2D eigenvalue weighted by Crippen LogP contribution is -2.15. The zero-order chi connectivity index (χ0) is 10.7. The van der Waals surface area contributed by atoms with Gasteiger partial charge in [-0.3, -0.25) is 0 Å². The first kappa shape index (κ1) is 10.4. The van der Waals surface area contributed by atoms with Gasteiger partial charge in [0.15, 0.2) is 0 Å². The van der Waals surface area contributed by atoms with Gasteiger partial charge in [-0.15, -0.1) is 0 Å². The second-order valence-electron chi connectivity index (χ2n) is 4.04. The van der Waals surface area contributed by atoms with Crippen molar-refractivity contribution in [1.82, 2.24) is 10.3 Å². The van der Waals surface area contributed by atoms with Gasteiger partial charge >= 0.3 is 0 Å². The van der Waals surface area contributed by atoms with E-state index in [-0.39, 0.29) is 0 Å². The highest BCUT2D eigenvalue weighted by atomic mass is 16.5. The Morgan fingerprint density at radius 3 is 2.93 bits per heavy atom. The molecule has 82 valence electrons. The summed E-state index contributed by atoms with van der Waals surface area (Å²) in [6.45, 7) is 5.58. The Morgan fingerprint density at radius 1 is 1.47 bits per heavy atom. The van der Waals surface area contributed by atoms with Crippen molar-refractivity contribution in [3.63, 3.8) is 0 Å². The van der Waals surface area contributed by atoms with E-state index in [1.807, 2.05) is 19.9 Å². The van der Waals surface area contributed by atoms with Crippen molar-refractivity contribution < 1.29 is 4.74 Å². The summed E-state index contributed by atoms with van der Waals surface area (Å²) in [5.74, 6) is 0.741. The van der Waals surface area contributed by atoms with Crippen LogP contribution in [0.5, 0.6) is 5.88 Å². The van der Waals surface area contributed by atoms with Crippen molar-refractivity contribution >= 4 is 0 Å². The Labute approximate surface area is 90.9 Å². The lowest BCUT2D eigenvalue weighted by atomic mass is 10.2. The quantitative estimate of drug-likeness (QED) is 0.800. The molecule has 1 aliphatic carbocycles. The number of ether oxygens (including phenoxy) is 1. The maximum atomic E-state index is 5.41. The Kier molecular flexibility index (Phi) is 3.21. The highest BCUT2D eigenvalue weighted by molar-refractivity contribution is 5.24. The molecule has 15 heavy (non-hydrogen) atoms. The predicted molar refractivity (Wildman–Crippen MR) is 60.0 cm³/mol. The second-order valence-corrected chi connectivity index (χ2v) is 4.04. The maximum Gasteiger partial charge on any atom is 0.213 e. The lowest BCUT2D eigenvalue weighted by Gasteiger charge is -2.07. The molecule has 1 aromatic rings. The van der Waals surface area contributed by atoms with Gasteiger partial charge in [-0.25, -0.2) is 4.98 Å². The largest absolute Gasteiger partial charge is 0.478 e. The smallest absolute Gasteiger partial charge is 0.213 e. The van der Waals surface area contributed by atoms with E-state index in [0.29, 0.717) is 6.61 Å². The Morgan fingerprint density at radius 2 is 2.27 bits per heavy atom. The average molecular weight is 206 g/mol. The fraction of sp³-hybridized carbons (Fsp3) is 0.583. The molecule has 0 radical (unpaired) electrons. The molecule has 0 aliphatic heterocycles. The Balaban J connectivity index is 2.00. The van der Waals surface area contributed by atoms with E-state index >= 15 is 0 Å². The third-order valence-electron chi connectivity index (χ3n) is 2.45. The molecule has 0 spiro atoms. The van der Waals surface area contributed by atoms with Gasteiger partial charge in [0.25, 0.3) is 0 Å². The average Bonchev–Trinajstić information content (AvgIpc) is 2.98. The zero-order valence-corrected chi connectivity index (χ0v) is 9.42. The molecule has 1 aliphatic rings. The number of aryl methyl sites for hydroxylation is 1. The Hall–Kier alpha value is -1.09. The molecule has 0 aromatic carbocycles. The number of pyridine rings is 1. The van der Waals surface area contributed by atoms with Crippen molar-refractivity contribution in [1.29, 1.82) is 0 Å². The molecular formula is C12H18N2O. The topological polar surface area (TPSA) is 34.1 Å². The summed E-state index contributed by atoms with van der Waals surface area (Å²) >= 11 is 0. The molecule has 0 bridgehead atoms. The maximum absolute atomic E-state index is 5.41. The van der Waals surface area contributed by atoms with E-state index in [9.17, 15) is 0 Å². The molecule has 0 amide bonds. The summed E-state index contributed by atoms with van der Waals surface area (Å²) < 4.78 is 5.41. The molecule has 1 heterocycles. The van der Waals surface area contributed by atoms with Crippen LogP contribution in [-0.4, -0.2) is 17.6 Å². The van der Waals surface area contributed by atoms with Crippen molar-refractivity contribution in [2.75, 3.05) is 6.61 Å². The van der Waals surface area contributed by atoms with Crippen LogP contribution in [0.3, 0.4) is 0 Å². The third-order valence-corrected chi connectivity index (χ3v) is 2.45. The van der Waals surface area contributed by atoms with Crippen LogP contribution in [0.25, 0.3) is 0 Å². The van der Waals surface area contributed by atoms with Gasteiger partial charge in [0, 0.05) is 24.3 Å². The van der Waals surface area contributed by atoms with E-state index in [1.165, 1.54) is 18.4 Å². The van der Waals surface area contributed by atoms with Crippen LogP contribution in [0.4, 0.5) is 0 Å². The van der Waals surface area contributed by atoms with Crippen LogP contribution < -0.4 is 10.1 Å². The number of rotatable bonds is 5. The standard InChI is InChI=1S/C12H18N2O/c1-3-15-12-7-10(6-9(2)14-12)8-13-11-4-5-11/h6-7,11,13H,3-5,8H2,1-2H3. The number of hydrogen-bond donors (Lipinski definition) is 1. The zero-order valence-electron chi connectivity index (χ0n) is 9.42. The van der Waals surface area contributed by atoms with Crippen LogP contribution in [0.1, 0.15) is 31.0 Å². The first-order chi connectivity index (χ1) is 7.28. The third kappa shape index (κ3) is 3.20. The van der Waals surface area contributed by atoms with Crippen LogP contribution in [0.15, 0.2) is 12.1 Å². The molecule has 1 N–H and O–H groups in total. The number of nitrogens with zero attached hydrogens (tertiary/aromatic N) is 1. The fourth-order valence-corrected chi connectivity index (χ4v) is 1.58. The predicted octanol–water partition coefficient (Wildman–Crippen LogP) is 2.04. The molecule has 3 heteroatoms. The molecule has 0 atom stereocenters. The van der Waals surface area contributed by atoms with Gasteiger partial charge in [0.2, 0.25) is 5.88 Å². The molecule has 1 aromatic heterocycles. The van der Waals surface area contributed by atoms with Crippen molar-refractivity contribution in [3.05, 3.63) is 23.4 Å². The molecule has 1 saturated carbocycles. The molecule has 0 saturated heterocycles. The van der Waals surface area contributed by atoms with Crippen LogP contribution in [0, 0.1) is 6.92 Å². The van der Waals surface area contributed by atoms with Crippen molar-refractivity contribution in [2.45, 2.75) is 39.3 Å². The highest BCUT2D eigenvalue weighted by Crippen LogP contribution is 2.20. The Bertz CT molecular complexity index is 334. The lowest BCUT2D eigenvalue weighted by molar-refractivity contribution is 0.325. The van der Waals surface area contributed by atoms with E-state index in [0.717, 1.165) is 24.2 Å². The first-order valence-corrected chi connectivity index (χ1v) is 5.61. The van der Waals surface area contributed by atoms with E-state index < -0.39 is 0 Å². The van der Waals surface area contributed by atoms with Crippen molar-refractivity contribution in [2.24, 2.45) is 0 Å². The van der Waals surface area contributed by atoms with E-state index in [1.54, 1.807) is 0 Å². The van der Waals surface area contributed by atoms with Gasteiger partial charge < -0.3 is 10.1 Å². The summed E-state index contributed by atoms with van der Waals surface area (Å²) in [6, 6.07) is 4.87. The van der Waals surface area contributed by atoms with E-state index in [4.69, 9.17) is 4.74 Å². The molecular weight excluding hydrogens is 188 g/mol. The monoisotopic (exact) mass is 206 g/mol. The van der Waals surface area contributed by atoms with Crippen LogP contribution in [-0.2, 0) is 6.54 Å².